The molecule has 0 aliphatic carbocycles. The molecule has 0 radical (unpaired) electrons. The Morgan fingerprint density at radius 3 is 2.40 bits per heavy atom. The molecular weight excluding hydrogens is 150 g/mol. The highest BCUT2D eigenvalue weighted by Gasteiger charge is 2.13. The minimum atomic E-state index is -0.200. The molecule has 0 spiro atoms. The SMILES string of the molecule is C=CCOC(C)(C)CN.Cl. The van der Waals surface area contributed by atoms with Gasteiger partial charge >= 0.3 is 0 Å². The molecule has 0 heterocycles. The second kappa shape index (κ2) is 5.71. The highest BCUT2D eigenvalue weighted by atomic mass is 35.5. The van der Waals surface area contributed by atoms with Crippen molar-refractivity contribution in [2.24, 2.45) is 5.73 Å². The van der Waals surface area contributed by atoms with E-state index in [1.54, 1.807) is 6.08 Å². The van der Waals surface area contributed by atoms with Crippen LogP contribution in [0, 0.1) is 0 Å². The van der Waals surface area contributed by atoms with Gasteiger partial charge in [-0.05, 0) is 13.8 Å². The van der Waals surface area contributed by atoms with Gasteiger partial charge < -0.3 is 10.5 Å². The van der Waals surface area contributed by atoms with Crippen LogP contribution >= 0.6 is 12.4 Å². The topological polar surface area (TPSA) is 35.2 Å². The van der Waals surface area contributed by atoms with Crippen LogP contribution in [0.2, 0.25) is 0 Å². The van der Waals surface area contributed by atoms with Crippen molar-refractivity contribution < 1.29 is 4.74 Å². The van der Waals surface area contributed by atoms with E-state index in [-0.39, 0.29) is 18.0 Å². The summed E-state index contributed by atoms with van der Waals surface area (Å²) in [6.45, 7) is 8.56. The fourth-order valence-electron chi connectivity index (χ4n) is 0.343. The van der Waals surface area contributed by atoms with Crippen LogP contribution in [-0.2, 0) is 4.74 Å². The van der Waals surface area contributed by atoms with Crippen LogP contribution in [0.5, 0.6) is 0 Å². The summed E-state index contributed by atoms with van der Waals surface area (Å²) in [5.41, 5.74) is 5.19. The van der Waals surface area contributed by atoms with E-state index in [0.717, 1.165) is 0 Å². The number of nitrogens with two attached hydrogens (primary N) is 1. The maximum Gasteiger partial charge on any atom is 0.0752 e. The first-order valence-corrected chi connectivity index (χ1v) is 3.07. The van der Waals surface area contributed by atoms with E-state index in [0.29, 0.717) is 13.2 Å². The van der Waals surface area contributed by atoms with E-state index >= 15 is 0 Å². The maximum absolute atomic E-state index is 5.39. The normalized spacial score (nSPS) is 10.3. The minimum Gasteiger partial charge on any atom is -0.370 e. The second-order valence-corrected chi connectivity index (χ2v) is 2.56. The van der Waals surface area contributed by atoms with E-state index in [1.165, 1.54) is 0 Å². The zero-order valence-electron chi connectivity index (χ0n) is 6.59. The molecule has 3 heteroatoms. The lowest BCUT2D eigenvalue weighted by molar-refractivity contribution is 0.00692. The Hall–Kier alpha value is -0.0500. The quantitative estimate of drug-likeness (QED) is 0.639. The average molecular weight is 166 g/mol. The molecule has 0 aliphatic heterocycles. The molecule has 0 aliphatic rings. The van der Waals surface area contributed by atoms with Gasteiger partial charge in [-0.1, -0.05) is 6.08 Å². The summed E-state index contributed by atoms with van der Waals surface area (Å²) in [6.07, 6.45) is 1.72. The highest BCUT2D eigenvalue weighted by Crippen LogP contribution is 2.04. The van der Waals surface area contributed by atoms with Crippen molar-refractivity contribution in [1.82, 2.24) is 0 Å². The van der Waals surface area contributed by atoms with Gasteiger partial charge in [0.2, 0.25) is 0 Å². The molecule has 0 saturated carbocycles. The monoisotopic (exact) mass is 165 g/mol. The fraction of sp³-hybridized carbons (Fsp3) is 0.714. The predicted molar refractivity (Wildman–Crippen MR) is 46.5 cm³/mol. The van der Waals surface area contributed by atoms with Gasteiger partial charge in [-0.3, -0.25) is 0 Å². The van der Waals surface area contributed by atoms with Gasteiger partial charge in [0.25, 0.3) is 0 Å². The van der Waals surface area contributed by atoms with Crippen LogP contribution in [0.15, 0.2) is 12.7 Å². The van der Waals surface area contributed by atoms with E-state index in [2.05, 4.69) is 6.58 Å². The average Bonchev–Trinajstić information content (AvgIpc) is 1.84. The zero-order valence-corrected chi connectivity index (χ0v) is 7.41. The standard InChI is InChI=1S/C7H15NO.ClH/c1-4-5-9-7(2,3)6-8;/h4H,1,5-6,8H2,2-3H3;1H. The van der Waals surface area contributed by atoms with E-state index in [9.17, 15) is 0 Å². The fourth-order valence-corrected chi connectivity index (χ4v) is 0.343. The summed E-state index contributed by atoms with van der Waals surface area (Å²) in [6, 6.07) is 0. The number of rotatable bonds is 4. The van der Waals surface area contributed by atoms with E-state index < -0.39 is 0 Å². The number of halogens is 1. The Bertz CT molecular complexity index is 93.6. The predicted octanol–water partition coefficient (Wildman–Crippen LogP) is 1.35. The molecule has 2 nitrogen and oxygen atoms in total. The van der Waals surface area contributed by atoms with Crippen molar-refractivity contribution in [3.05, 3.63) is 12.7 Å². The molecule has 0 aromatic rings. The summed E-state index contributed by atoms with van der Waals surface area (Å²) >= 11 is 0. The molecule has 0 rings (SSSR count). The lowest BCUT2D eigenvalue weighted by Crippen LogP contribution is -2.33. The molecule has 0 aromatic carbocycles. The van der Waals surface area contributed by atoms with Gasteiger partial charge in [0.1, 0.15) is 0 Å². The van der Waals surface area contributed by atoms with Gasteiger partial charge in [0, 0.05) is 6.54 Å². The van der Waals surface area contributed by atoms with Crippen LogP contribution in [0.4, 0.5) is 0 Å². The first-order valence-electron chi connectivity index (χ1n) is 3.07. The van der Waals surface area contributed by atoms with E-state index in [4.69, 9.17) is 10.5 Å². The third-order valence-corrected chi connectivity index (χ3v) is 1.08. The van der Waals surface area contributed by atoms with Crippen LogP contribution in [0.3, 0.4) is 0 Å². The Morgan fingerprint density at radius 1 is 1.60 bits per heavy atom. The summed E-state index contributed by atoms with van der Waals surface area (Å²) in [4.78, 5) is 0. The van der Waals surface area contributed by atoms with Gasteiger partial charge in [0.05, 0.1) is 12.2 Å². The molecule has 0 fully saturated rings. The highest BCUT2D eigenvalue weighted by molar-refractivity contribution is 5.85. The molecule has 0 bridgehead atoms. The summed E-state index contributed by atoms with van der Waals surface area (Å²) in [7, 11) is 0. The van der Waals surface area contributed by atoms with Gasteiger partial charge in [-0.25, -0.2) is 0 Å². The Morgan fingerprint density at radius 2 is 2.10 bits per heavy atom. The lowest BCUT2D eigenvalue weighted by atomic mass is 10.1. The molecule has 0 saturated heterocycles. The molecule has 0 unspecified atom stereocenters. The molecular formula is C7H16ClNO. The molecule has 62 valence electrons. The largest absolute Gasteiger partial charge is 0.370 e. The minimum absolute atomic E-state index is 0. The van der Waals surface area contributed by atoms with Gasteiger partial charge in [-0.15, -0.1) is 19.0 Å². The summed E-state index contributed by atoms with van der Waals surface area (Å²) < 4.78 is 5.28. The number of hydrogen-bond acceptors (Lipinski definition) is 2. The number of ether oxygens (including phenoxy) is 1. The van der Waals surface area contributed by atoms with Crippen LogP contribution in [0.25, 0.3) is 0 Å². The van der Waals surface area contributed by atoms with Gasteiger partial charge in [0.15, 0.2) is 0 Å². The van der Waals surface area contributed by atoms with Crippen LogP contribution in [0.1, 0.15) is 13.8 Å². The third kappa shape index (κ3) is 6.08. The van der Waals surface area contributed by atoms with Crippen molar-refractivity contribution in [2.75, 3.05) is 13.2 Å². The van der Waals surface area contributed by atoms with Gasteiger partial charge in [-0.2, -0.15) is 0 Å². The number of hydrogen-bond donors (Lipinski definition) is 1. The molecule has 0 atom stereocenters. The Labute approximate surface area is 68.8 Å². The smallest absolute Gasteiger partial charge is 0.0752 e. The Kier molecular flexibility index (Phi) is 7.21. The zero-order chi connectivity index (χ0) is 7.33. The molecule has 0 amide bonds. The molecule has 10 heavy (non-hydrogen) atoms. The Balaban J connectivity index is 0. The van der Waals surface area contributed by atoms with Crippen molar-refractivity contribution in [3.8, 4) is 0 Å². The third-order valence-electron chi connectivity index (χ3n) is 1.08. The summed E-state index contributed by atoms with van der Waals surface area (Å²) in [5, 5.41) is 0. The van der Waals surface area contributed by atoms with Crippen molar-refractivity contribution in [3.63, 3.8) is 0 Å². The first kappa shape index (κ1) is 12.6. The van der Waals surface area contributed by atoms with Crippen LogP contribution < -0.4 is 5.73 Å². The maximum atomic E-state index is 5.39. The van der Waals surface area contributed by atoms with E-state index in [1.807, 2.05) is 13.8 Å². The lowest BCUT2D eigenvalue weighted by Gasteiger charge is -2.21. The molecule has 2 N–H and O–H groups in total. The molecule has 0 aromatic heterocycles. The van der Waals surface area contributed by atoms with Crippen molar-refractivity contribution in [1.29, 1.82) is 0 Å². The summed E-state index contributed by atoms with van der Waals surface area (Å²) in [5.74, 6) is 0. The van der Waals surface area contributed by atoms with Crippen LogP contribution in [-0.4, -0.2) is 18.8 Å². The van der Waals surface area contributed by atoms with Crippen molar-refractivity contribution >= 4 is 12.4 Å². The second-order valence-electron chi connectivity index (χ2n) is 2.56. The van der Waals surface area contributed by atoms with Crippen molar-refractivity contribution in [2.45, 2.75) is 19.4 Å². The first-order chi connectivity index (χ1) is 4.12.